The van der Waals surface area contributed by atoms with Gasteiger partial charge in [-0.25, -0.2) is 0 Å². The summed E-state index contributed by atoms with van der Waals surface area (Å²) in [5, 5.41) is 2.59. The van der Waals surface area contributed by atoms with E-state index in [1.165, 1.54) is 102 Å². The van der Waals surface area contributed by atoms with Crippen molar-refractivity contribution in [3.05, 3.63) is 234 Å². The zero-order chi connectivity index (χ0) is 40.5. The molecule has 0 atom stereocenters. The van der Waals surface area contributed by atoms with Crippen molar-refractivity contribution in [1.29, 1.82) is 0 Å². The van der Waals surface area contributed by atoms with Crippen LogP contribution < -0.4 is 4.90 Å². The summed E-state index contributed by atoms with van der Waals surface area (Å²) in [6, 6.07) is 75.4. The lowest BCUT2D eigenvalue weighted by molar-refractivity contribution is 0.660. The second-order valence-electron chi connectivity index (χ2n) is 17.2. The largest absolute Gasteiger partial charge is 0.310 e. The summed E-state index contributed by atoms with van der Waals surface area (Å²) in [6.45, 7) is 4.81. The molecule has 0 amide bonds. The fourth-order valence-corrected chi connectivity index (χ4v) is 13.4. The maximum Gasteiger partial charge on any atom is 0.0736 e. The highest BCUT2D eigenvalue weighted by Gasteiger charge is 2.50. The fraction of sp³-hybridized carbons (Fsp3) is 0.0690. The highest BCUT2D eigenvalue weighted by Crippen LogP contribution is 2.63. The molecule has 1 aliphatic heterocycles. The third-order valence-corrected chi connectivity index (χ3v) is 16.0. The number of hydrogen-bond donors (Lipinski definition) is 0. The van der Waals surface area contributed by atoms with Crippen molar-refractivity contribution in [3.63, 3.8) is 0 Å². The van der Waals surface area contributed by atoms with Crippen LogP contribution in [0.4, 0.5) is 17.1 Å². The van der Waals surface area contributed by atoms with Crippen LogP contribution in [0.25, 0.3) is 53.6 Å². The average Bonchev–Trinajstić information content (AvgIpc) is 3.91. The van der Waals surface area contributed by atoms with Crippen molar-refractivity contribution in [2.24, 2.45) is 0 Å². The molecule has 0 unspecified atom stereocenters. The zero-order valence-electron chi connectivity index (χ0n) is 33.8. The fourth-order valence-electron chi connectivity index (χ4n) is 11.1. The number of rotatable bonds is 4. The van der Waals surface area contributed by atoms with Gasteiger partial charge in [-0.3, -0.25) is 0 Å². The first-order valence-corrected chi connectivity index (χ1v) is 22.8. The number of benzene rings is 9. The molecule has 0 fully saturated rings. The molecule has 1 spiro atoms. The van der Waals surface area contributed by atoms with Gasteiger partial charge in [-0.15, -0.1) is 11.3 Å². The maximum atomic E-state index is 2.56. The molecule has 2 heterocycles. The van der Waals surface area contributed by atoms with Gasteiger partial charge >= 0.3 is 0 Å². The lowest BCUT2D eigenvalue weighted by Crippen LogP contribution is -2.32. The van der Waals surface area contributed by atoms with E-state index >= 15 is 0 Å². The van der Waals surface area contributed by atoms with Crippen LogP contribution in [0, 0.1) is 0 Å². The van der Waals surface area contributed by atoms with E-state index in [4.69, 9.17) is 0 Å². The van der Waals surface area contributed by atoms with Crippen molar-refractivity contribution >= 4 is 60.3 Å². The Kier molecular flexibility index (Phi) is 7.45. The Balaban J connectivity index is 1.09. The number of fused-ring (bicyclic) bond motifs is 15. The van der Waals surface area contributed by atoms with E-state index in [9.17, 15) is 0 Å². The average molecular weight is 814 g/mol. The van der Waals surface area contributed by atoms with Gasteiger partial charge in [0.05, 0.1) is 11.1 Å². The molecule has 3 aliphatic rings. The minimum atomic E-state index is -0.470. The Bertz CT molecular complexity index is 3400. The summed E-state index contributed by atoms with van der Waals surface area (Å²) in [5.41, 5.74) is 18.8. The summed E-state index contributed by atoms with van der Waals surface area (Å²) < 4.78 is 2.60. The molecule has 0 N–H and O–H groups in total. The number of hydrogen-bond acceptors (Lipinski definition) is 3. The monoisotopic (exact) mass is 813 g/mol. The van der Waals surface area contributed by atoms with E-state index in [0.29, 0.717) is 0 Å². The molecule has 1 aromatic heterocycles. The van der Waals surface area contributed by atoms with Crippen LogP contribution in [0.5, 0.6) is 0 Å². The van der Waals surface area contributed by atoms with Crippen LogP contribution in [0.2, 0.25) is 0 Å². The van der Waals surface area contributed by atoms with Crippen LogP contribution in [0.1, 0.15) is 47.2 Å². The first-order chi connectivity index (χ1) is 30.0. The third kappa shape index (κ3) is 4.79. The predicted molar refractivity (Wildman–Crippen MR) is 258 cm³/mol. The van der Waals surface area contributed by atoms with Gasteiger partial charge in [-0.05, 0) is 121 Å². The normalized spacial score (nSPS) is 14.6. The molecule has 0 saturated carbocycles. The molecule has 61 heavy (non-hydrogen) atoms. The Morgan fingerprint density at radius 1 is 0.410 bits per heavy atom. The van der Waals surface area contributed by atoms with Crippen molar-refractivity contribution in [2.45, 2.75) is 34.5 Å². The Labute approximate surface area is 364 Å². The molecule has 13 rings (SSSR count). The first kappa shape index (κ1) is 35.1. The Morgan fingerprint density at radius 2 is 1.00 bits per heavy atom. The summed E-state index contributed by atoms with van der Waals surface area (Å²) >= 11 is 3.78. The second kappa shape index (κ2) is 12.9. The van der Waals surface area contributed by atoms with E-state index in [2.05, 4.69) is 219 Å². The van der Waals surface area contributed by atoms with Crippen LogP contribution in [0.15, 0.2) is 210 Å². The molecule has 288 valence electrons. The van der Waals surface area contributed by atoms with Gasteiger partial charge in [-0.2, -0.15) is 0 Å². The van der Waals surface area contributed by atoms with Gasteiger partial charge in [0.2, 0.25) is 0 Å². The van der Waals surface area contributed by atoms with Crippen molar-refractivity contribution < 1.29 is 0 Å². The van der Waals surface area contributed by atoms with E-state index in [-0.39, 0.29) is 5.41 Å². The van der Waals surface area contributed by atoms with Crippen molar-refractivity contribution in [1.82, 2.24) is 0 Å². The molecule has 2 aliphatic carbocycles. The Morgan fingerprint density at radius 3 is 1.80 bits per heavy atom. The molecule has 10 aromatic rings. The SMILES string of the molecule is CC1(C)c2cc(N(c3ccc4c(c3)C3(c5ccccc5S4)c4ccccc4-c4ccccc43)c3cccc4sc5ccccc5c34)ccc2-c2c(-c3ccccc3)cccc21. The standard InChI is InChI=1S/C58H39NS2/c1-57(2)47-25-14-21-39(36-16-4-3-5-17-36)55(47)42-32-30-37(34-48(42)57)59(50-26-15-29-54-56(50)43-20-8-12-27-51(43)60-54)38-31-33-53-49(35-38)58(46-24-11-13-28-52(46)61-53)44-22-9-6-18-40(44)41-19-7-10-23-45(41)58/h3-35H,1-2H3. The molecule has 0 saturated heterocycles. The van der Waals surface area contributed by atoms with Crippen molar-refractivity contribution in [3.8, 4) is 33.4 Å². The third-order valence-electron chi connectivity index (χ3n) is 13.7. The highest BCUT2D eigenvalue weighted by molar-refractivity contribution is 7.99. The van der Waals surface area contributed by atoms with E-state index in [0.717, 1.165) is 11.4 Å². The minimum Gasteiger partial charge on any atom is -0.310 e. The van der Waals surface area contributed by atoms with Gasteiger partial charge in [0, 0.05) is 46.8 Å². The van der Waals surface area contributed by atoms with Gasteiger partial charge in [-0.1, -0.05) is 171 Å². The predicted octanol–water partition coefficient (Wildman–Crippen LogP) is 16.3. The molecule has 0 radical (unpaired) electrons. The van der Waals surface area contributed by atoms with Crippen LogP contribution in [0.3, 0.4) is 0 Å². The van der Waals surface area contributed by atoms with E-state index in [1.54, 1.807) is 0 Å². The van der Waals surface area contributed by atoms with E-state index in [1.807, 2.05) is 23.1 Å². The quantitative estimate of drug-likeness (QED) is 0.174. The number of thiophene rings is 1. The molecular weight excluding hydrogens is 775 g/mol. The number of nitrogens with zero attached hydrogens (tertiary/aromatic N) is 1. The molecule has 1 nitrogen and oxygen atoms in total. The topological polar surface area (TPSA) is 3.24 Å². The van der Waals surface area contributed by atoms with Crippen LogP contribution in [-0.2, 0) is 10.8 Å². The summed E-state index contributed by atoms with van der Waals surface area (Å²) in [6.07, 6.45) is 0. The highest BCUT2D eigenvalue weighted by atomic mass is 32.2. The van der Waals surface area contributed by atoms with Gasteiger partial charge < -0.3 is 4.90 Å². The first-order valence-electron chi connectivity index (χ1n) is 21.2. The molecule has 9 aromatic carbocycles. The van der Waals surface area contributed by atoms with Gasteiger partial charge in [0.15, 0.2) is 0 Å². The smallest absolute Gasteiger partial charge is 0.0736 e. The summed E-state index contributed by atoms with van der Waals surface area (Å²) in [5.74, 6) is 0. The lowest BCUT2D eigenvalue weighted by Gasteiger charge is -2.40. The lowest BCUT2D eigenvalue weighted by atomic mass is 9.67. The van der Waals surface area contributed by atoms with Crippen LogP contribution >= 0.6 is 23.1 Å². The Hall–Kier alpha value is -6.65. The summed E-state index contributed by atoms with van der Waals surface area (Å²) in [7, 11) is 0. The molecule has 3 heteroatoms. The van der Waals surface area contributed by atoms with E-state index < -0.39 is 5.41 Å². The van der Waals surface area contributed by atoms with Crippen LogP contribution in [-0.4, -0.2) is 0 Å². The summed E-state index contributed by atoms with van der Waals surface area (Å²) in [4.78, 5) is 5.17. The van der Waals surface area contributed by atoms with Crippen molar-refractivity contribution in [2.75, 3.05) is 4.90 Å². The minimum absolute atomic E-state index is 0.199. The maximum absolute atomic E-state index is 2.56. The molecule has 0 bridgehead atoms. The van der Waals surface area contributed by atoms with Gasteiger partial charge in [0.1, 0.15) is 0 Å². The zero-order valence-corrected chi connectivity index (χ0v) is 35.4. The number of anilines is 3. The second-order valence-corrected chi connectivity index (χ2v) is 19.3. The van der Waals surface area contributed by atoms with Gasteiger partial charge in [0.25, 0.3) is 0 Å². The molecular formula is C58H39NS2.